The van der Waals surface area contributed by atoms with Crippen LogP contribution in [-0.4, -0.2) is 11.6 Å². The molecule has 0 atom stereocenters. The second-order valence-corrected chi connectivity index (χ2v) is 7.98. The summed E-state index contributed by atoms with van der Waals surface area (Å²) >= 11 is 0. The lowest BCUT2D eigenvalue weighted by Crippen LogP contribution is -2.13. The van der Waals surface area contributed by atoms with Crippen molar-refractivity contribution in [2.75, 3.05) is 0 Å². The largest absolute Gasteiger partial charge is 0.289 e. The minimum absolute atomic E-state index is 0.134. The van der Waals surface area contributed by atoms with Crippen LogP contribution in [0.15, 0.2) is 83.9 Å². The summed E-state index contributed by atoms with van der Waals surface area (Å²) in [5, 5.41) is 0. The fraction of sp³-hybridized carbons (Fsp3) is 0.143. The summed E-state index contributed by atoms with van der Waals surface area (Å²) in [6, 6.07) is 23.8. The number of aryl methyl sites for hydroxylation is 2. The topological polar surface area (TPSA) is 34.1 Å². The van der Waals surface area contributed by atoms with Crippen LogP contribution >= 0.6 is 0 Å². The van der Waals surface area contributed by atoms with Crippen LogP contribution in [0.25, 0.3) is 12.2 Å². The Morgan fingerprint density at radius 1 is 0.500 bits per heavy atom. The molecule has 30 heavy (non-hydrogen) atoms. The summed E-state index contributed by atoms with van der Waals surface area (Å²) in [4.78, 5) is 25.5. The highest BCUT2D eigenvalue weighted by Gasteiger charge is 2.22. The van der Waals surface area contributed by atoms with E-state index in [0.717, 1.165) is 70.2 Å². The summed E-state index contributed by atoms with van der Waals surface area (Å²) < 4.78 is 0. The van der Waals surface area contributed by atoms with Crippen LogP contribution in [0.3, 0.4) is 0 Å². The lowest BCUT2D eigenvalue weighted by atomic mass is 9.85. The van der Waals surface area contributed by atoms with Crippen LogP contribution in [0.2, 0.25) is 0 Å². The van der Waals surface area contributed by atoms with Crippen molar-refractivity contribution in [2.24, 2.45) is 0 Å². The number of carbonyl (C=O) groups excluding carboxylic acids is 2. The summed E-state index contributed by atoms with van der Waals surface area (Å²) in [5.74, 6) is 0.268. The normalized spacial score (nSPS) is 18.4. The second-order valence-electron chi connectivity index (χ2n) is 7.98. The fourth-order valence-corrected chi connectivity index (χ4v) is 4.40. The number of ketones is 2. The molecule has 0 radical (unpaired) electrons. The van der Waals surface area contributed by atoms with E-state index in [4.69, 9.17) is 0 Å². The first kappa shape index (κ1) is 18.5. The van der Waals surface area contributed by atoms with Gasteiger partial charge >= 0.3 is 0 Å². The van der Waals surface area contributed by atoms with Gasteiger partial charge in [0.2, 0.25) is 0 Å². The maximum absolute atomic E-state index is 12.8. The molecule has 0 saturated heterocycles. The van der Waals surface area contributed by atoms with Gasteiger partial charge in [0.1, 0.15) is 0 Å². The average molecular weight is 390 g/mol. The third kappa shape index (κ3) is 3.46. The van der Waals surface area contributed by atoms with Gasteiger partial charge < -0.3 is 0 Å². The van der Waals surface area contributed by atoms with Crippen LogP contribution in [0, 0.1) is 0 Å². The molecule has 0 unspecified atom stereocenters. The highest BCUT2D eigenvalue weighted by molar-refractivity contribution is 6.14. The van der Waals surface area contributed by atoms with Crippen LogP contribution in [-0.2, 0) is 12.8 Å². The SMILES string of the molecule is O=C1C(=Cc2ccc(C=C3CCc4ccccc4C3=O)cc2)CCc2ccccc21. The molecule has 0 bridgehead atoms. The lowest BCUT2D eigenvalue weighted by Gasteiger charge is -2.17. The summed E-state index contributed by atoms with van der Waals surface area (Å²) in [7, 11) is 0. The molecule has 5 rings (SSSR count). The molecule has 0 fully saturated rings. The third-order valence-corrected chi connectivity index (χ3v) is 6.05. The van der Waals surface area contributed by atoms with E-state index in [2.05, 4.69) is 0 Å². The van der Waals surface area contributed by atoms with Gasteiger partial charge in [0.25, 0.3) is 0 Å². The van der Waals surface area contributed by atoms with Gasteiger partial charge in [-0.2, -0.15) is 0 Å². The zero-order valence-electron chi connectivity index (χ0n) is 16.7. The molecule has 3 aromatic rings. The molecule has 0 aliphatic heterocycles. The Morgan fingerprint density at radius 2 is 0.900 bits per heavy atom. The maximum atomic E-state index is 12.8. The molecule has 2 aliphatic carbocycles. The third-order valence-electron chi connectivity index (χ3n) is 6.05. The van der Waals surface area contributed by atoms with Gasteiger partial charge in [0.15, 0.2) is 11.6 Å². The monoisotopic (exact) mass is 390 g/mol. The molecule has 146 valence electrons. The Balaban J connectivity index is 1.37. The van der Waals surface area contributed by atoms with E-state index in [9.17, 15) is 9.59 Å². The molecular formula is C28H22O2. The first-order valence-corrected chi connectivity index (χ1v) is 10.5. The van der Waals surface area contributed by atoms with E-state index in [-0.39, 0.29) is 11.6 Å². The number of hydrogen-bond donors (Lipinski definition) is 0. The van der Waals surface area contributed by atoms with Crippen molar-refractivity contribution in [1.29, 1.82) is 0 Å². The van der Waals surface area contributed by atoms with E-state index < -0.39 is 0 Å². The molecule has 3 aromatic carbocycles. The van der Waals surface area contributed by atoms with E-state index >= 15 is 0 Å². The first-order chi connectivity index (χ1) is 14.7. The number of fused-ring (bicyclic) bond motifs is 2. The summed E-state index contributed by atoms with van der Waals surface area (Å²) in [6.07, 6.45) is 7.35. The van der Waals surface area contributed by atoms with E-state index in [1.807, 2.05) is 84.9 Å². The standard InChI is InChI=1S/C28H22O2/c29-27-23(15-13-21-5-1-3-7-25(21)27)17-19-9-11-20(12-10-19)18-24-16-14-22-6-2-4-8-26(22)28(24)30/h1-12,17-18H,13-16H2. The molecule has 0 N–H and O–H groups in total. The van der Waals surface area contributed by atoms with Gasteiger partial charge in [-0.05, 0) is 60.1 Å². The van der Waals surface area contributed by atoms with Crippen molar-refractivity contribution < 1.29 is 9.59 Å². The zero-order chi connectivity index (χ0) is 20.5. The molecule has 0 aromatic heterocycles. The van der Waals surface area contributed by atoms with Gasteiger partial charge in [-0.25, -0.2) is 0 Å². The summed E-state index contributed by atoms with van der Waals surface area (Å²) in [6.45, 7) is 0. The molecule has 0 spiro atoms. The maximum Gasteiger partial charge on any atom is 0.189 e. The van der Waals surface area contributed by atoms with Crippen molar-refractivity contribution in [2.45, 2.75) is 25.7 Å². The molecule has 0 heterocycles. The summed E-state index contributed by atoms with van der Waals surface area (Å²) in [5.41, 5.74) is 7.68. The number of allylic oxidation sites excluding steroid dienone is 2. The predicted octanol–water partition coefficient (Wildman–Crippen LogP) is 6.11. The van der Waals surface area contributed by atoms with Gasteiger partial charge in [-0.3, -0.25) is 9.59 Å². The van der Waals surface area contributed by atoms with Crippen LogP contribution in [0.4, 0.5) is 0 Å². The van der Waals surface area contributed by atoms with E-state index in [1.165, 1.54) is 0 Å². The molecule has 0 amide bonds. The quantitative estimate of drug-likeness (QED) is 0.495. The van der Waals surface area contributed by atoms with Gasteiger partial charge in [0.05, 0.1) is 0 Å². The minimum Gasteiger partial charge on any atom is -0.289 e. The minimum atomic E-state index is 0.134. The predicted molar refractivity (Wildman–Crippen MR) is 121 cm³/mol. The molecule has 0 saturated carbocycles. The van der Waals surface area contributed by atoms with Crippen molar-refractivity contribution >= 4 is 23.7 Å². The highest BCUT2D eigenvalue weighted by atomic mass is 16.1. The molecule has 2 aliphatic rings. The molecular weight excluding hydrogens is 368 g/mol. The highest BCUT2D eigenvalue weighted by Crippen LogP contribution is 2.28. The lowest BCUT2D eigenvalue weighted by molar-refractivity contribution is 0.101. The van der Waals surface area contributed by atoms with Crippen molar-refractivity contribution in [3.63, 3.8) is 0 Å². The van der Waals surface area contributed by atoms with Crippen LogP contribution in [0.1, 0.15) is 55.8 Å². The molecule has 2 heteroatoms. The Kier molecular flexibility index (Phi) is 4.76. The van der Waals surface area contributed by atoms with E-state index in [0.29, 0.717) is 0 Å². The van der Waals surface area contributed by atoms with Gasteiger partial charge in [-0.15, -0.1) is 0 Å². The van der Waals surface area contributed by atoms with Gasteiger partial charge in [0, 0.05) is 22.3 Å². The Morgan fingerprint density at radius 3 is 1.33 bits per heavy atom. The number of carbonyl (C=O) groups is 2. The fourth-order valence-electron chi connectivity index (χ4n) is 4.40. The van der Waals surface area contributed by atoms with Crippen LogP contribution in [0.5, 0.6) is 0 Å². The zero-order valence-corrected chi connectivity index (χ0v) is 16.7. The van der Waals surface area contributed by atoms with Crippen LogP contribution < -0.4 is 0 Å². The first-order valence-electron chi connectivity index (χ1n) is 10.5. The number of benzene rings is 3. The second kappa shape index (κ2) is 7.72. The Bertz CT molecular complexity index is 1110. The van der Waals surface area contributed by atoms with E-state index in [1.54, 1.807) is 0 Å². The van der Waals surface area contributed by atoms with Crippen molar-refractivity contribution in [3.8, 4) is 0 Å². The Hall–Kier alpha value is -3.52. The smallest absolute Gasteiger partial charge is 0.189 e. The number of Topliss-reactive ketones (excluding diaryl/α,β-unsaturated/α-hetero) is 2. The number of rotatable bonds is 2. The van der Waals surface area contributed by atoms with Crippen molar-refractivity contribution in [1.82, 2.24) is 0 Å². The number of hydrogen-bond acceptors (Lipinski definition) is 2. The average Bonchev–Trinajstić information content (AvgIpc) is 2.79. The van der Waals surface area contributed by atoms with Crippen molar-refractivity contribution in [3.05, 3.63) is 117 Å². The molecule has 2 nitrogen and oxygen atoms in total. The Labute approximate surface area is 176 Å². The van der Waals surface area contributed by atoms with Gasteiger partial charge in [-0.1, -0.05) is 72.8 Å².